The number of thioether (sulfide) groups is 1. The van der Waals surface area contributed by atoms with Crippen LogP contribution >= 0.6 is 11.8 Å². The molecular weight excluding hydrogens is 414 g/mol. The highest BCUT2D eigenvalue weighted by Gasteiger charge is 2.33. The van der Waals surface area contributed by atoms with Gasteiger partial charge in [0.25, 0.3) is 5.91 Å². The molecule has 2 heterocycles. The smallest absolute Gasteiger partial charge is 0.323 e. The minimum atomic E-state index is -0.922. The Labute approximate surface area is 183 Å². The summed E-state index contributed by atoms with van der Waals surface area (Å²) < 4.78 is 6.84. The van der Waals surface area contributed by atoms with Gasteiger partial charge in [-0.05, 0) is 36.0 Å². The van der Waals surface area contributed by atoms with Gasteiger partial charge in [-0.25, -0.2) is 4.99 Å². The van der Waals surface area contributed by atoms with Crippen LogP contribution in [0.1, 0.15) is 5.56 Å². The van der Waals surface area contributed by atoms with E-state index in [2.05, 4.69) is 4.99 Å². The lowest BCUT2D eigenvalue weighted by Gasteiger charge is -2.14. The predicted molar refractivity (Wildman–Crippen MR) is 122 cm³/mol. The summed E-state index contributed by atoms with van der Waals surface area (Å²) in [6, 6.07) is 17.0. The van der Waals surface area contributed by atoms with Gasteiger partial charge in [0.1, 0.15) is 6.54 Å². The molecule has 1 amide bonds. The number of hydrogen-bond donors (Lipinski definition) is 1. The number of carboxylic acid groups (broad SMARTS) is 1. The largest absolute Gasteiger partial charge is 0.480 e. The number of rotatable bonds is 7. The van der Waals surface area contributed by atoms with Crippen LogP contribution in [0.2, 0.25) is 0 Å². The Balaban J connectivity index is 1.73. The molecule has 0 saturated carbocycles. The van der Waals surface area contributed by atoms with Crippen LogP contribution in [-0.4, -0.2) is 51.9 Å². The van der Waals surface area contributed by atoms with Crippen molar-refractivity contribution in [3.05, 3.63) is 71.3 Å². The van der Waals surface area contributed by atoms with Gasteiger partial charge in [0.15, 0.2) is 5.17 Å². The summed E-state index contributed by atoms with van der Waals surface area (Å²) in [5, 5.41) is 10.7. The first-order valence-corrected chi connectivity index (χ1v) is 10.5. The number of hydrogen-bond acceptors (Lipinski definition) is 5. The molecule has 7 nitrogen and oxygen atoms in total. The van der Waals surface area contributed by atoms with Crippen molar-refractivity contribution in [2.75, 3.05) is 20.3 Å². The number of carbonyl (C=O) groups is 2. The highest BCUT2D eigenvalue weighted by Crippen LogP contribution is 2.35. The van der Waals surface area contributed by atoms with E-state index in [1.807, 2.05) is 54.6 Å². The average molecular weight is 436 g/mol. The third-order valence-electron chi connectivity index (χ3n) is 4.80. The summed E-state index contributed by atoms with van der Waals surface area (Å²) in [5.41, 5.74) is 2.36. The number of ether oxygens (including phenoxy) is 1. The SMILES string of the molecule is COCCN1C(=O)C(=Cc2cn(CC(=O)O)c3ccccc23)SC1=Nc1ccccc1. The number of fused-ring (bicyclic) bond motifs is 1. The Hall–Kier alpha value is -3.36. The second-order valence-electron chi connectivity index (χ2n) is 6.91. The molecule has 2 aromatic carbocycles. The van der Waals surface area contributed by atoms with E-state index < -0.39 is 5.97 Å². The highest BCUT2D eigenvalue weighted by atomic mass is 32.2. The molecule has 31 heavy (non-hydrogen) atoms. The van der Waals surface area contributed by atoms with Crippen LogP contribution in [0, 0.1) is 0 Å². The Morgan fingerprint density at radius 3 is 2.65 bits per heavy atom. The van der Waals surface area contributed by atoms with Crippen molar-refractivity contribution in [3.8, 4) is 0 Å². The maximum atomic E-state index is 13.1. The van der Waals surface area contributed by atoms with E-state index in [0.29, 0.717) is 23.2 Å². The lowest BCUT2D eigenvalue weighted by Crippen LogP contribution is -2.32. The maximum absolute atomic E-state index is 13.1. The van der Waals surface area contributed by atoms with Crippen LogP contribution in [-0.2, 0) is 20.9 Å². The van der Waals surface area contributed by atoms with Crippen molar-refractivity contribution in [1.29, 1.82) is 0 Å². The van der Waals surface area contributed by atoms with E-state index in [-0.39, 0.29) is 12.5 Å². The van der Waals surface area contributed by atoms with E-state index >= 15 is 0 Å². The Morgan fingerprint density at radius 1 is 1.16 bits per heavy atom. The van der Waals surface area contributed by atoms with Crippen molar-refractivity contribution >= 4 is 51.5 Å². The zero-order valence-electron chi connectivity index (χ0n) is 16.9. The highest BCUT2D eigenvalue weighted by molar-refractivity contribution is 8.18. The quantitative estimate of drug-likeness (QED) is 0.568. The number of aliphatic imine (C=N–C) groups is 1. The molecule has 1 aliphatic rings. The number of methoxy groups -OCH3 is 1. The third kappa shape index (κ3) is 4.55. The number of aromatic nitrogens is 1. The minimum Gasteiger partial charge on any atom is -0.480 e. The molecule has 1 aliphatic heterocycles. The average Bonchev–Trinajstić information content (AvgIpc) is 3.25. The molecule has 0 radical (unpaired) electrons. The molecule has 1 aromatic heterocycles. The molecule has 4 rings (SSSR count). The fourth-order valence-corrected chi connectivity index (χ4v) is 4.41. The van der Waals surface area contributed by atoms with Gasteiger partial charge in [-0.15, -0.1) is 0 Å². The Morgan fingerprint density at radius 2 is 1.90 bits per heavy atom. The fourth-order valence-electron chi connectivity index (χ4n) is 3.39. The second kappa shape index (κ2) is 9.20. The number of carbonyl (C=O) groups excluding carboxylic acids is 1. The van der Waals surface area contributed by atoms with Crippen LogP contribution in [0.15, 0.2) is 70.7 Å². The van der Waals surface area contributed by atoms with E-state index in [0.717, 1.165) is 22.2 Å². The van der Waals surface area contributed by atoms with Crippen molar-refractivity contribution in [3.63, 3.8) is 0 Å². The van der Waals surface area contributed by atoms with E-state index in [1.54, 1.807) is 28.8 Å². The van der Waals surface area contributed by atoms with Gasteiger partial charge < -0.3 is 14.4 Å². The van der Waals surface area contributed by atoms with Crippen LogP contribution in [0.3, 0.4) is 0 Å². The molecule has 1 saturated heterocycles. The molecule has 0 bridgehead atoms. The van der Waals surface area contributed by atoms with E-state index in [9.17, 15) is 14.7 Å². The lowest BCUT2D eigenvalue weighted by atomic mass is 10.1. The van der Waals surface area contributed by atoms with Crippen LogP contribution < -0.4 is 0 Å². The van der Waals surface area contributed by atoms with E-state index in [1.165, 1.54) is 11.8 Å². The summed E-state index contributed by atoms with van der Waals surface area (Å²) in [7, 11) is 1.59. The van der Waals surface area contributed by atoms with Crippen LogP contribution in [0.4, 0.5) is 5.69 Å². The van der Waals surface area contributed by atoms with Crippen LogP contribution in [0.25, 0.3) is 17.0 Å². The number of nitrogens with zero attached hydrogens (tertiary/aromatic N) is 3. The molecule has 3 aromatic rings. The predicted octanol–water partition coefficient (Wildman–Crippen LogP) is 3.98. The third-order valence-corrected chi connectivity index (χ3v) is 5.81. The number of aliphatic carboxylic acids is 1. The maximum Gasteiger partial charge on any atom is 0.323 e. The number of amidine groups is 1. The molecule has 0 spiro atoms. The molecule has 0 atom stereocenters. The van der Waals surface area contributed by atoms with Gasteiger partial charge in [-0.1, -0.05) is 36.4 Å². The monoisotopic (exact) mass is 435 g/mol. The zero-order valence-corrected chi connectivity index (χ0v) is 17.7. The lowest BCUT2D eigenvalue weighted by molar-refractivity contribution is -0.137. The van der Waals surface area contributed by atoms with E-state index in [4.69, 9.17) is 4.74 Å². The number of para-hydroxylation sites is 2. The molecule has 1 fully saturated rings. The first-order chi connectivity index (χ1) is 15.1. The second-order valence-corrected chi connectivity index (χ2v) is 7.92. The molecule has 1 N–H and O–H groups in total. The molecular formula is C23H21N3O4S. The molecule has 0 unspecified atom stereocenters. The number of benzene rings is 2. The fraction of sp³-hybridized carbons (Fsp3) is 0.174. The number of amides is 1. The van der Waals surface area contributed by atoms with Crippen molar-refractivity contribution < 1.29 is 19.4 Å². The Kier molecular flexibility index (Phi) is 6.20. The minimum absolute atomic E-state index is 0.146. The van der Waals surface area contributed by atoms with Gasteiger partial charge in [0.2, 0.25) is 0 Å². The molecule has 0 aliphatic carbocycles. The first kappa shape index (κ1) is 20.9. The standard InChI is InChI=1S/C23H21N3O4S/c1-30-12-11-26-22(29)20(31-23(26)24-17-7-3-2-4-8-17)13-16-14-25(15-21(27)28)19-10-6-5-9-18(16)19/h2-10,13-14H,11-12,15H2,1H3,(H,27,28). The topological polar surface area (TPSA) is 84.1 Å². The Bertz CT molecular complexity index is 1180. The van der Waals surface area contributed by atoms with Crippen LogP contribution in [0.5, 0.6) is 0 Å². The van der Waals surface area contributed by atoms with Gasteiger partial charge in [0.05, 0.1) is 23.7 Å². The number of carboxylic acids is 1. The van der Waals surface area contributed by atoms with Gasteiger partial charge in [0, 0.05) is 29.8 Å². The normalized spacial score (nSPS) is 16.7. The summed E-state index contributed by atoms with van der Waals surface area (Å²) in [4.78, 5) is 31.2. The van der Waals surface area contributed by atoms with Gasteiger partial charge in [-0.3, -0.25) is 14.5 Å². The van der Waals surface area contributed by atoms with Gasteiger partial charge in [-0.2, -0.15) is 0 Å². The summed E-state index contributed by atoms with van der Waals surface area (Å²) >= 11 is 1.31. The van der Waals surface area contributed by atoms with Crippen molar-refractivity contribution in [1.82, 2.24) is 9.47 Å². The van der Waals surface area contributed by atoms with Gasteiger partial charge >= 0.3 is 5.97 Å². The zero-order chi connectivity index (χ0) is 21.8. The summed E-state index contributed by atoms with van der Waals surface area (Å²) in [5.74, 6) is -1.07. The summed E-state index contributed by atoms with van der Waals surface area (Å²) in [6.45, 7) is 0.642. The summed E-state index contributed by atoms with van der Waals surface area (Å²) in [6.07, 6.45) is 3.58. The van der Waals surface area contributed by atoms with Crippen molar-refractivity contribution in [2.45, 2.75) is 6.54 Å². The molecule has 8 heteroatoms. The first-order valence-electron chi connectivity index (χ1n) is 9.70. The van der Waals surface area contributed by atoms with Crippen molar-refractivity contribution in [2.24, 2.45) is 4.99 Å². The molecule has 158 valence electrons.